The number of aromatic carboxylic acids is 1. The molecule has 0 amide bonds. The van der Waals surface area contributed by atoms with Crippen LogP contribution in [0.3, 0.4) is 0 Å². The van der Waals surface area contributed by atoms with Gasteiger partial charge in [-0.2, -0.15) is 5.10 Å². The fourth-order valence-electron chi connectivity index (χ4n) is 3.04. The van der Waals surface area contributed by atoms with Gasteiger partial charge in [-0.15, -0.1) is 0 Å². The number of aromatic amines is 1. The first-order valence-electron chi connectivity index (χ1n) is 8.31. The van der Waals surface area contributed by atoms with Gasteiger partial charge in [-0.25, -0.2) is 14.5 Å². The quantitative estimate of drug-likeness (QED) is 0.562. The summed E-state index contributed by atoms with van der Waals surface area (Å²) in [5.41, 5.74) is 1.83. The molecule has 28 heavy (non-hydrogen) atoms. The van der Waals surface area contributed by atoms with Gasteiger partial charge in [-0.3, -0.25) is 9.78 Å². The van der Waals surface area contributed by atoms with E-state index in [-0.39, 0.29) is 23.9 Å². The SMILES string of the molecule is O=C(O)c1cnn(-c2nc3ccc(-c4ccc5c(c4)OCO5)cc3c(=O)[nH]2)c1. The monoisotopic (exact) mass is 376 g/mol. The van der Waals surface area contributed by atoms with E-state index < -0.39 is 5.97 Å². The van der Waals surface area contributed by atoms with Crippen molar-refractivity contribution in [1.29, 1.82) is 0 Å². The number of nitrogens with zero attached hydrogens (tertiary/aromatic N) is 3. The van der Waals surface area contributed by atoms with E-state index in [1.807, 2.05) is 24.3 Å². The molecule has 0 atom stereocenters. The molecule has 0 fully saturated rings. The molecular formula is C19H12N4O5. The third-order valence-corrected chi connectivity index (χ3v) is 4.45. The summed E-state index contributed by atoms with van der Waals surface area (Å²) in [5.74, 6) is 0.380. The smallest absolute Gasteiger partial charge is 0.338 e. The van der Waals surface area contributed by atoms with Crippen LogP contribution in [0.5, 0.6) is 11.5 Å². The number of carbonyl (C=O) groups is 1. The molecule has 1 aliphatic rings. The van der Waals surface area contributed by atoms with E-state index in [2.05, 4.69) is 15.1 Å². The molecule has 0 unspecified atom stereocenters. The molecule has 0 aliphatic carbocycles. The molecule has 0 saturated carbocycles. The fraction of sp³-hybridized carbons (Fsp3) is 0.0526. The number of hydrogen-bond acceptors (Lipinski definition) is 6. The van der Waals surface area contributed by atoms with E-state index in [1.54, 1.807) is 12.1 Å². The Morgan fingerprint density at radius 3 is 2.71 bits per heavy atom. The van der Waals surface area contributed by atoms with Gasteiger partial charge in [-0.05, 0) is 35.4 Å². The van der Waals surface area contributed by atoms with E-state index in [1.165, 1.54) is 17.1 Å². The van der Waals surface area contributed by atoms with Crippen LogP contribution in [0, 0.1) is 0 Å². The van der Waals surface area contributed by atoms with Crippen molar-refractivity contribution in [1.82, 2.24) is 19.7 Å². The Labute approximate surface area is 156 Å². The standard InChI is InChI=1S/C19H12N4O5/c24-17-13-5-10(11-2-4-15-16(6-11)28-9-27-15)1-3-14(13)21-19(22-17)23-8-12(7-20-23)18(25)26/h1-8H,9H2,(H,25,26)(H,21,22,24). The second-order valence-corrected chi connectivity index (χ2v) is 6.17. The average molecular weight is 376 g/mol. The van der Waals surface area contributed by atoms with Gasteiger partial charge in [-0.1, -0.05) is 12.1 Å². The summed E-state index contributed by atoms with van der Waals surface area (Å²) in [5, 5.41) is 13.3. The molecule has 2 aromatic heterocycles. The number of nitrogens with one attached hydrogen (secondary N) is 1. The van der Waals surface area contributed by atoms with E-state index in [4.69, 9.17) is 14.6 Å². The highest BCUT2D eigenvalue weighted by Crippen LogP contribution is 2.36. The van der Waals surface area contributed by atoms with Crippen molar-refractivity contribution < 1.29 is 19.4 Å². The van der Waals surface area contributed by atoms with Crippen LogP contribution < -0.4 is 15.0 Å². The maximum absolute atomic E-state index is 12.6. The molecule has 3 heterocycles. The number of H-pyrrole nitrogens is 1. The molecular weight excluding hydrogens is 364 g/mol. The number of rotatable bonds is 3. The Morgan fingerprint density at radius 1 is 1.11 bits per heavy atom. The molecule has 138 valence electrons. The highest BCUT2D eigenvalue weighted by Gasteiger charge is 2.15. The van der Waals surface area contributed by atoms with Crippen LogP contribution in [-0.2, 0) is 0 Å². The van der Waals surface area contributed by atoms with E-state index in [0.29, 0.717) is 22.4 Å². The Kier molecular flexibility index (Phi) is 3.41. The van der Waals surface area contributed by atoms with Crippen molar-refractivity contribution in [2.45, 2.75) is 0 Å². The molecule has 0 bridgehead atoms. The van der Waals surface area contributed by atoms with Gasteiger partial charge >= 0.3 is 5.97 Å². The molecule has 0 saturated heterocycles. The third-order valence-electron chi connectivity index (χ3n) is 4.45. The summed E-state index contributed by atoms with van der Waals surface area (Å²) < 4.78 is 11.9. The lowest BCUT2D eigenvalue weighted by molar-refractivity contribution is 0.0697. The zero-order valence-corrected chi connectivity index (χ0v) is 14.2. The van der Waals surface area contributed by atoms with Crippen LogP contribution in [0.4, 0.5) is 0 Å². The predicted octanol–water partition coefficient (Wildman–Crippen LogP) is 2.20. The molecule has 4 aromatic rings. The lowest BCUT2D eigenvalue weighted by Crippen LogP contribution is -2.14. The molecule has 9 nitrogen and oxygen atoms in total. The van der Waals surface area contributed by atoms with Crippen molar-refractivity contribution >= 4 is 16.9 Å². The van der Waals surface area contributed by atoms with E-state index >= 15 is 0 Å². The van der Waals surface area contributed by atoms with Crippen molar-refractivity contribution in [3.8, 4) is 28.6 Å². The molecule has 5 rings (SSSR count). The summed E-state index contributed by atoms with van der Waals surface area (Å²) >= 11 is 0. The Morgan fingerprint density at radius 2 is 1.89 bits per heavy atom. The minimum absolute atomic E-state index is 0.000835. The Balaban J connectivity index is 1.58. The topological polar surface area (TPSA) is 119 Å². The van der Waals surface area contributed by atoms with Crippen molar-refractivity contribution in [2.24, 2.45) is 0 Å². The number of fused-ring (bicyclic) bond motifs is 2. The first-order valence-corrected chi connectivity index (χ1v) is 8.31. The maximum atomic E-state index is 12.6. The molecule has 2 aromatic carbocycles. The van der Waals surface area contributed by atoms with E-state index in [0.717, 1.165) is 11.1 Å². The van der Waals surface area contributed by atoms with Crippen molar-refractivity contribution in [2.75, 3.05) is 6.79 Å². The second-order valence-electron chi connectivity index (χ2n) is 6.17. The minimum atomic E-state index is -1.11. The Hall–Kier alpha value is -4.14. The number of carboxylic acids is 1. The van der Waals surface area contributed by atoms with Gasteiger partial charge < -0.3 is 14.6 Å². The summed E-state index contributed by atoms with van der Waals surface area (Å²) in [7, 11) is 0. The van der Waals surface area contributed by atoms with Crippen molar-refractivity contribution in [3.05, 3.63) is 64.7 Å². The number of carboxylic acid groups (broad SMARTS) is 1. The summed E-state index contributed by atoms with van der Waals surface area (Å²) in [6.07, 6.45) is 2.47. The molecule has 2 N–H and O–H groups in total. The predicted molar refractivity (Wildman–Crippen MR) is 98.0 cm³/mol. The number of hydrogen-bond donors (Lipinski definition) is 2. The largest absolute Gasteiger partial charge is 0.478 e. The molecule has 0 spiro atoms. The normalized spacial score (nSPS) is 12.4. The maximum Gasteiger partial charge on any atom is 0.338 e. The van der Waals surface area contributed by atoms with Crippen LogP contribution in [0.25, 0.3) is 28.0 Å². The number of ether oxygens (including phenoxy) is 2. The highest BCUT2D eigenvalue weighted by atomic mass is 16.7. The lowest BCUT2D eigenvalue weighted by Gasteiger charge is -2.06. The lowest BCUT2D eigenvalue weighted by atomic mass is 10.0. The number of benzene rings is 2. The average Bonchev–Trinajstić information content (AvgIpc) is 3.36. The number of aromatic nitrogens is 4. The van der Waals surface area contributed by atoms with Crippen LogP contribution in [-0.4, -0.2) is 37.6 Å². The Bertz CT molecular complexity index is 1310. The summed E-state index contributed by atoms with van der Waals surface area (Å²) in [4.78, 5) is 30.6. The van der Waals surface area contributed by atoms with Crippen LogP contribution in [0.1, 0.15) is 10.4 Å². The van der Waals surface area contributed by atoms with Gasteiger partial charge in [0.25, 0.3) is 5.56 Å². The first kappa shape index (κ1) is 16.1. The second kappa shape index (κ2) is 5.95. The molecule has 0 radical (unpaired) electrons. The van der Waals surface area contributed by atoms with E-state index in [9.17, 15) is 9.59 Å². The van der Waals surface area contributed by atoms with Crippen LogP contribution in [0.2, 0.25) is 0 Å². The van der Waals surface area contributed by atoms with Gasteiger partial charge in [0.1, 0.15) is 0 Å². The highest BCUT2D eigenvalue weighted by molar-refractivity contribution is 5.87. The van der Waals surface area contributed by atoms with Crippen LogP contribution >= 0.6 is 0 Å². The zero-order valence-electron chi connectivity index (χ0n) is 14.2. The summed E-state index contributed by atoms with van der Waals surface area (Å²) in [6.45, 7) is 0.194. The minimum Gasteiger partial charge on any atom is -0.478 e. The van der Waals surface area contributed by atoms with Gasteiger partial charge in [0.05, 0.1) is 22.7 Å². The van der Waals surface area contributed by atoms with Gasteiger partial charge in [0.15, 0.2) is 11.5 Å². The summed E-state index contributed by atoms with van der Waals surface area (Å²) in [6, 6.07) is 10.9. The molecule has 1 aliphatic heterocycles. The molecule has 9 heteroatoms. The third kappa shape index (κ3) is 2.57. The zero-order chi connectivity index (χ0) is 19.3. The first-order chi connectivity index (χ1) is 13.6. The van der Waals surface area contributed by atoms with Gasteiger partial charge in [0.2, 0.25) is 12.7 Å². The fourth-order valence-corrected chi connectivity index (χ4v) is 3.04. The van der Waals surface area contributed by atoms with Crippen molar-refractivity contribution in [3.63, 3.8) is 0 Å². The van der Waals surface area contributed by atoms with Crippen LogP contribution in [0.15, 0.2) is 53.6 Å². The van der Waals surface area contributed by atoms with Gasteiger partial charge in [0, 0.05) is 6.20 Å².